The van der Waals surface area contributed by atoms with Crippen LogP contribution in [0.2, 0.25) is 0 Å². The Kier molecular flexibility index (Phi) is 10.9. The van der Waals surface area contributed by atoms with Gasteiger partial charge in [0.05, 0.1) is 24.7 Å². The minimum absolute atomic E-state index is 0.0199. The Morgan fingerprint density at radius 3 is 2.56 bits per heavy atom. The van der Waals surface area contributed by atoms with Gasteiger partial charge in [0, 0.05) is 18.8 Å². The summed E-state index contributed by atoms with van der Waals surface area (Å²) in [5.41, 5.74) is 1.21. The number of allylic oxidation sites excluding steroid dienone is 5. The Hall–Kier alpha value is -2.60. The van der Waals surface area contributed by atoms with E-state index >= 15 is 0 Å². The Bertz CT molecular complexity index is 1390. The number of carbonyl (C=O) groups is 2. The minimum atomic E-state index is -1.82. The molecule has 266 valence electrons. The molecule has 12 atom stereocenters. The summed E-state index contributed by atoms with van der Waals surface area (Å²) in [6.45, 7) is 15.1. The molecule has 12 unspecified atom stereocenters. The summed E-state index contributed by atoms with van der Waals surface area (Å²) >= 11 is 0. The quantitative estimate of drug-likeness (QED) is 0.288. The van der Waals surface area contributed by atoms with Crippen molar-refractivity contribution in [2.45, 2.75) is 135 Å². The highest BCUT2D eigenvalue weighted by atomic mass is 16.7. The van der Waals surface area contributed by atoms with Crippen LogP contribution in [0, 0.1) is 23.7 Å². The smallest absolute Gasteiger partial charge is 0.316 e. The molecule has 1 spiro atoms. The molecule has 10 nitrogen and oxygen atoms in total. The van der Waals surface area contributed by atoms with Crippen molar-refractivity contribution in [1.29, 1.82) is 0 Å². The van der Waals surface area contributed by atoms with Crippen molar-refractivity contribution in [3.8, 4) is 0 Å². The minimum Gasteiger partial charge on any atom is -0.462 e. The second-order valence-electron chi connectivity index (χ2n) is 14.9. The molecule has 5 rings (SSSR count). The zero-order valence-corrected chi connectivity index (χ0v) is 29.5. The highest BCUT2D eigenvalue weighted by molar-refractivity contribution is 5.78. The van der Waals surface area contributed by atoms with Crippen LogP contribution in [0.1, 0.15) is 81.1 Å². The molecule has 48 heavy (non-hydrogen) atoms. The molecular weight excluding hydrogens is 616 g/mol. The molecule has 10 heteroatoms. The lowest BCUT2D eigenvalue weighted by Crippen LogP contribution is -2.67. The first-order valence-electron chi connectivity index (χ1n) is 17.4. The van der Waals surface area contributed by atoms with Gasteiger partial charge in [-0.3, -0.25) is 9.59 Å². The topological polar surface area (TPSA) is 141 Å². The number of esters is 2. The summed E-state index contributed by atoms with van der Waals surface area (Å²) in [6.07, 6.45) is 6.59. The maximum absolute atomic E-state index is 14.2. The number of aliphatic hydroxyl groups excluding tert-OH is 2. The monoisotopic (exact) mass is 670 g/mol. The Morgan fingerprint density at radius 1 is 1.15 bits per heavy atom. The number of hydrogen-bond donors (Lipinski definition) is 3. The van der Waals surface area contributed by atoms with E-state index in [1.807, 2.05) is 39.0 Å². The molecule has 1 aliphatic carbocycles. The van der Waals surface area contributed by atoms with E-state index in [4.69, 9.17) is 23.7 Å². The summed E-state index contributed by atoms with van der Waals surface area (Å²) in [7, 11) is 0. The van der Waals surface area contributed by atoms with Gasteiger partial charge in [-0.05, 0) is 63.2 Å². The first-order valence-corrected chi connectivity index (χ1v) is 17.4. The van der Waals surface area contributed by atoms with E-state index in [1.54, 1.807) is 32.9 Å². The molecule has 3 saturated heterocycles. The number of fused-ring (bicyclic) bond motifs is 2. The third kappa shape index (κ3) is 6.89. The first-order chi connectivity index (χ1) is 22.6. The van der Waals surface area contributed by atoms with Gasteiger partial charge in [0.15, 0.2) is 0 Å². The molecule has 0 amide bonds. The molecule has 5 aliphatic rings. The average molecular weight is 671 g/mol. The summed E-state index contributed by atoms with van der Waals surface area (Å²) in [5.74, 6) is -4.54. The molecule has 0 aromatic rings. The third-order valence-electron chi connectivity index (χ3n) is 10.8. The fraction of sp³-hybridized carbons (Fsp3) is 0.684. The average Bonchev–Trinajstić information content (AvgIpc) is 3.37. The predicted octanol–water partition coefficient (Wildman–Crippen LogP) is 4.63. The SMILES string of the molecule is CC=C(C)C1OC2(CC3CC(CC=C(C)CC(C)C=CC=C4COC5C(O)C(C)=CC(C(=O)O3)C45O)O2)C(O)C(OC(=O)C(C)C)C1C. The molecule has 0 aromatic heterocycles. The maximum Gasteiger partial charge on any atom is 0.316 e. The number of hydrogen-bond acceptors (Lipinski definition) is 10. The van der Waals surface area contributed by atoms with E-state index in [2.05, 4.69) is 19.9 Å². The van der Waals surface area contributed by atoms with Crippen LogP contribution in [0.25, 0.3) is 0 Å². The second kappa shape index (κ2) is 14.3. The highest BCUT2D eigenvalue weighted by Gasteiger charge is 2.62. The fourth-order valence-corrected chi connectivity index (χ4v) is 7.85. The van der Waals surface area contributed by atoms with Gasteiger partial charge in [-0.25, -0.2) is 0 Å². The first kappa shape index (κ1) is 36.7. The lowest BCUT2D eigenvalue weighted by atomic mass is 9.71. The summed E-state index contributed by atoms with van der Waals surface area (Å²) in [5, 5.41) is 35.2. The van der Waals surface area contributed by atoms with Crippen molar-refractivity contribution in [3.05, 3.63) is 58.7 Å². The van der Waals surface area contributed by atoms with E-state index < -0.39 is 83.8 Å². The number of aliphatic hydroxyl groups is 3. The molecular formula is C38H54O10. The summed E-state index contributed by atoms with van der Waals surface area (Å²) < 4.78 is 31.5. The molecule has 0 saturated carbocycles. The Labute approximate surface area is 284 Å². The van der Waals surface area contributed by atoms with Crippen LogP contribution in [0.5, 0.6) is 0 Å². The van der Waals surface area contributed by atoms with Crippen LogP contribution in [-0.4, -0.2) is 88.0 Å². The number of ether oxygens (including phenoxy) is 5. The zero-order chi connectivity index (χ0) is 35.1. The third-order valence-corrected chi connectivity index (χ3v) is 10.8. The highest BCUT2D eigenvalue weighted by Crippen LogP contribution is 2.48. The van der Waals surface area contributed by atoms with Gasteiger partial charge >= 0.3 is 11.9 Å². The Balaban J connectivity index is 1.57. The summed E-state index contributed by atoms with van der Waals surface area (Å²) in [6, 6.07) is 0. The molecule has 3 N–H and O–H groups in total. The Morgan fingerprint density at radius 2 is 1.88 bits per heavy atom. The van der Waals surface area contributed by atoms with Crippen LogP contribution in [0.3, 0.4) is 0 Å². The van der Waals surface area contributed by atoms with Crippen LogP contribution < -0.4 is 0 Å². The molecule has 4 heterocycles. The van der Waals surface area contributed by atoms with Gasteiger partial charge in [-0.2, -0.15) is 0 Å². The predicted molar refractivity (Wildman–Crippen MR) is 178 cm³/mol. The summed E-state index contributed by atoms with van der Waals surface area (Å²) in [4.78, 5) is 27.1. The van der Waals surface area contributed by atoms with Crippen LogP contribution in [0.4, 0.5) is 0 Å². The van der Waals surface area contributed by atoms with Gasteiger partial charge in [0.1, 0.15) is 42.0 Å². The van der Waals surface area contributed by atoms with Crippen molar-refractivity contribution < 1.29 is 48.6 Å². The molecule has 2 bridgehead atoms. The lowest BCUT2D eigenvalue weighted by molar-refractivity contribution is -0.380. The fourth-order valence-electron chi connectivity index (χ4n) is 7.85. The number of rotatable bonds is 3. The van der Waals surface area contributed by atoms with Crippen LogP contribution in [0.15, 0.2) is 58.7 Å². The lowest BCUT2D eigenvalue weighted by Gasteiger charge is -2.54. The van der Waals surface area contributed by atoms with Crippen molar-refractivity contribution in [1.82, 2.24) is 0 Å². The molecule has 4 aliphatic heterocycles. The van der Waals surface area contributed by atoms with Gasteiger partial charge in [0.25, 0.3) is 0 Å². The number of carbonyl (C=O) groups excluding carboxylic acids is 2. The van der Waals surface area contributed by atoms with Crippen LogP contribution >= 0.6 is 0 Å². The van der Waals surface area contributed by atoms with Crippen molar-refractivity contribution in [2.75, 3.05) is 6.61 Å². The van der Waals surface area contributed by atoms with Gasteiger partial charge in [0.2, 0.25) is 5.79 Å². The van der Waals surface area contributed by atoms with E-state index in [0.717, 1.165) is 17.6 Å². The van der Waals surface area contributed by atoms with Gasteiger partial charge in [-0.1, -0.05) is 69.7 Å². The van der Waals surface area contributed by atoms with Crippen molar-refractivity contribution in [2.24, 2.45) is 23.7 Å². The van der Waals surface area contributed by atoms with Crippen molar-refractivity contribution >= 4 is 11.9 Å². The van der Waals surface area contributed by atoms with E-state index in [0.29, 0.717) is 24.0 Å². The maximum atomic E-state index is 14.2. The van der Waals surface area contributed by atoms with Crippen LogP contribution in [-0.2, 0) is 33.3 Å². The van der Waals surface area contributed by atoms with E-state index in [9.17, 15) is 24.9 Å². The zero-order valence-electron chi connectivity index (χ0n) is 29.5. The standard InChI is InChI=1S/C38H54O10/c1-9-23(6)31-25(8)32(46-35(41)20(2)3)33(40)37(48-31)18-28-17-27(47-37)14-13-22(5)15-21(4)11-10-12-26-19-44-34-30(39)24(7)16-29(36(42)45-28)38(26,34)43/h9-13,16,20-21,25,27-34,39-40,43H,14-15,17-19H2,1-8H3. The largest absolute Gasteiger partial charge is 0.462 e. The van der Waals surface area contributed by atoms with E-state index in [1.165, 1.54) is 0 Å². The van der Waals surface area contributed by atoms with E-state index in [-0.39, 0.29) is 18.9 Å². The van der Waals surface area contributed by atoms with Gasteiger partial charge in [-0.15, -0.1) is 0 Å². The molecule has 0 aromatic carbocycles. The molecule has 3 fully saturated rings. The normalized spacial score (nSPS) is 42.5. The second-order valence-corrected chi connectivity index (χ2v) is 14.9. The van der Waals surface area contributed by atoms with Crippen molar-refractivity contribution in [3.63, 3.8) is 0 Å². The molecule has 0 radical (unpaired) electrons. The van der Waals surface area contributed by atoms with Gasteiger partial charge < -0.3 is 39.0 Å².